The lowest BCUT2D eigenvalue weighted by Gasteiger charge is -2.40. The summed E-state index contributed by atoms with van der Waals surface area (Å²) in [6, 6.07) is 74.9. The average molecular weight is 875 g/mol. The Bertz CT molecular complexity index is 2800. The molecular weight excluding hydrogens is 825 g/mol. The van der Waals surface area contributed by atoms with E-state index in [9.17, 15) is 0 Å². The zero-order chi connectivity index (χ0) is 45.5. The molecule has 0 amide bonds. The fourth-order valence-electron chi connectivity index (χ4n) is 9.82. The molecule has 1 unspecified atom stereocenters. The second-order valence-electron chi connectivity index (χ2n) is 17.0. The zero-order valence-electron chi connectivity index (χ0n) is 36.9. The first-order chi connectivity index (χ1) is 33.0. The molecule has 4 N–H and O–H groups in total. The van der Waals surface area contributed by atoms with Crippen LogP contribution in [0.3, 0.4) is 0 Å². The van der Waals surface area contributed by atoms with Crippen molar-refractivity contribution in [3.05, 3.63) is 287 Å². The van der Waals surface area contributed by atoms with Crippen molar-refractivity contribution in [3.8, 4) is 0 Å². The van der Waals surface area contributed by atoms with Gasteiger partial charge in [-0.05, 0) is 56.6 Å². The minimum Gasteiger partial charge on any atom is -0.391 e. The molecule has 67 heavy (non-hydrogen) atoms. The van der Waals surface area contributed by atoms with Gasteiger partial charge in [-0.3, -0.25) is 10.6 Å². The standard InChI is InChI=1S/C60H50N4O3/c65-57(55(39-43-41-61-53-37-21-19-35-51(43)53)63-59(45-23-7-1-8-24-45,46-25-9-2-10-26-46)47-27-11-3-12-28-47)67-58(66)56(40-44-42-62-54-38-22-20-36-52(44)54)64-60(48-29-13-4-14-30-48,49-31-15-5-16-32-49)50-33-17-6-18-34-50/h1-38,41-42,55-56,61-64H,39-40H2/t55-,56?/m0/s1. The van der Waals surface area contributed by atoms with Gasteiger partial charge in [0.05, 0.1) is 11.1 Å². The number of carbonyl (C=O) groups excluding carboxylic acids is 2. The maximum atomic E-state index is 15.5. The van der Waals surface area contributed by atoms with Crippen molar-refractivity contribution in [1.82, 2.24) is 20.6 Å². The van der Waals surface area contributed by atoms with E-state index in [0.29, 0.717) is 0 Å². The summed E-state index contributed by atoms with van der Waals surface area (Å²) in [7, 11) is 0. The Kier molecular flexibility index (Phi) is 12.3. The number of para-hydroxylation sites is 2. The fraction of sp³-hybridized carbons (Fsp3) is 0.100. The number of benzene rings is 8. The van der Waals surface area contributed by atoms with Crippen molar-refractivity contribution in [1.29, 1.82) is 0 Å². The molecule has 0 radical (unpaired) electrons. The molecule has 0 aliphatic carbocycles. The maximum absolute atomic E-state index is 15.5. The molecule has 0 spiro atoms. The number of hydrogen-bond acceptors (Lipinski definition) is 5. The third-order valence-electron chi connectivity index (χ3n) is 13.0. The number of H-pyrrole nitrogens is 2. The predicted octanol–water partition coefficient (Wildman–Crippen LogP) is 11.4. The number of aromatic nitrogens is 2. The Morgan fingerprint density at radius 1 is 0.373 bits per heavy atom. The zero-order valence-corrected chi connectivity index (χ0v) is 36.9. The molecule has 10 aromatic rings. The molecular formula is C60H50N4O3. The Morgan fingerprint density at radius 3 is 0.910 bits per heavy atom. The highest BCUT2D eigenvalue weighted by Crippen LogP contribution is 2.40. The van der Waals surface area contributed by atoms with E-state index in [-0.39, 0.29) is 12.8 Å². The number of rotatable bonds is 16. The molecule has 328 valence electrons. The Labute approximate surface area is 390 Å². The summed E-state index contributed by atoms with van der Waals surface area (Å²) in [6.45, 7) is 0. The van der Waals surface area contributed by atoms with Crippen molar-refractivity contribution in [2.75, 3.05) is 0 Å². The lowest BCUT2D eigenvalue weighted by molar-refractivity contribution is -0.163. The Hall–Kier alpha value is -8.10. The molecule has 7 nitrogen and oxygen atoms in total. The quantitative estimate of drug-likeness (QED) is 0.0440. The first kappa shape index (κ1) is 42.8. The molecule has 2 heterocycles. The van der Waals surface area contributed by atoms with Gasteiger partial charge < -0.3 is 14.7 Å². The highest BCUT2D eigenvalue weighted by atomic mass is 16.6. The van der Waals surface area contributed by atoms with E-state index in [1.165, 1.54) is 0 Å². The second kappa shape index (κ2) is 19.2. The van der Waals surface area contributed by atoms with E-state index in [0.717, 1.165) is 66.3 Å². The van der Waals surface area contributed by atoms with Gasteiger partial charge >= 0.3 is 11.9 Å². The van der Waals surface area contributed by atoms with Crippen molar-refractivity contribution < 1.29 is 14.3 Å². The van der Waals surface area contributed by atoms with Gasteiger partial charge in [0.15, 0.2) is 0 Å². The number of nitrogens with one attached hydrogen (secondary N) is 4. The number of ether oxygens (including phenoxy) is 1. The highest BCUT2D eigenvalue weighted by molar-refractivity contribution is 5.93. The summed E-state index contributed by atoms with van der Waals surface area (Å²) < 4.78 is 6.38. The number of hydrogen-bond donors (Lipinski definition) is 4. The van der Waals surface area contributed by atoms with Crippen LogP contribution >= 0.6 is 0 Å². The molecule has 2 aromatic heterocycles. The van der Waals surface area contributed by atoms with Crippen LogP contribution in [0.15, 0.2) is 243 Å². The highest BCUT2D eigenvalue weighted by Gasteiger charge is 2.44. The van der Waals surface area contributed by atoms with Crippen LogP contribution < -0.4 is 10.6 Å². The first-order valence-electron chi connectivity index (χ1n) is 22.8. The average Bonchev–Trinajstić information content (AvgIpc) is 4.01. The molecule has 8 aromatic carbocycles. The third kappa shape index (κ3) is 8.50. The molecule has 10 rings (SSSR count). The smallest absolute Gasteiger partial charge is 0.331 e. The number of esters is 2. The van der Waals surface area contributed by atoms with Crippen LogP contribution in [0.5, 0.6) is 0 Å². The van der Waals surface area contributed by atoms with Crippen molar-refractivity contribution in [2.24, 2.45) is 0 Å². The van der Waals surface area contributed by atoms with Gasteiger partial charge in [-0.15, -0.1) is 0 Å². The van der Waals surface area contributed by atoms with Crippen LogP contribution in [-0.2, 0) is 38.2 Å². The number of fused-ring (bicyclic) bond motifs is 2. The van der Waals surface area contributed by atoms with E-state index >= 15 is 9.59 Å². The summed E-state index contributed by atoms with van der Waals surface area (Å²) in [6.07, 6.45) is 4.32. The van der Waals surface area contributed by atoms with E-state index in [4.69, 9.17) is 4.74 Å². The maximum Gasteiger partial charge on any atom is 0.331 e. The van der Waals surface area contributed by atoms with Gasteiger partial charge in [-0.2, -0.15) is 0 Å². The molecule has 7 heteroatoms. The normalized spacial score (nSPS) is 12.7. The van der Waals surface area contributed by atoms with Gasteiger partial charge in [0.25, 0.3) is 0 Å². The Balaban J connectivity index is 1.11. The van der Waals surface area contributed by atoms with Crippen molar-refractivity contribution >= 4 is 33.7 Å². The van der Waals surface area contributed by atoms with Crippen LogP contribution in [0.1, 0.15) is 44.5 Å². The van der Waals surface area contributed by atoms with Gasteiger partial charge in [-0.25, -0.2) is 9.59 Å². The summed E-state index contributed by atoms with van der Waals surface area (Å²) in [5.41, 5.74) is 7.16. The molecule has 0 fully saturated rings. The Morgan fingerprint density at radius 2 is 0.627 bits per heavy atom. The monoisotopic (exact) mass is 874 g/mol. The molecule has 0 aliphatic heterocycles. The van der Waals surface area contributed by atoms with Crippen LogP contribution in [0, 0.1) is 0 Å². The van der Waals surface area contributed by atoms with E-state index < -0.39 is 35.1 Å². The fourth-order valence-corrected chi connectivity index (χ4v) is 9.82. The van der Waals surface area contributed by atoms with Gasteiger partial charge in [-0.1, -0.05) is 218 Å². The van der Waals surface area contributed by atoms with E-state index in [2.05, 4.69) is 93.4 Å². The summed E-state index contributed by atoms with van der Waals surface area (Å²) in [4.78, 5) is 37.9. The lowest BCUT2D eigenvalue weighted by Crippen LogP contribution is -2.56. The summed E-state index contributed by atoms with van der Waals surface area (Å²) in [5.74, 6) is -1.39. The first-order valence-corrected chi connectivity index (χ1v) is 22.8. The molecule has 0 saturated heterocycles. The predicted molar refractivity (Wildman–Crippen MR) is 267 cm³/mol. The molecule has 0 saturated carbocycles. The molecule has 0 bridgehead atoms. The van der Waals surface area contributed by atoms with Crippen molar-refractivity contribution in [3.63, 3.8) is 0 Å². The SMILES string of the molecule is O=C(OC(=O)[C@H](Cc1c[nH]c2ccccc12)NC(c1ccccc1)(c1ccccc1)c1ccccc1)C(Cc1c[nH]c2ccccc12)NC(c1ccccc1)(c1ccccc1)c1ccccc1. The van der Waals surface area contributed by atoms with E-state index in [1.807, 2.05) is 170 Å². The second-order valence-corrected chi connectivity index (χ2v) is 17.0. The largest absolute Gasteiger partial charge is 0.391 e. The lowest BCUT2D eigenvalue weighted by atomic mass is 9.76. The molecule has 0 aliphatic rings. The minimum absolute atomic E-state index is 0.215. The third-order valence-corrected chi connectivity index (χ3v) is 13.0. The van der Waals surface area contributed by atoms with Gasteiger partial charge in [0.2, 0.25) is 0 Å². The summed E-state index contributed by atoms with van der Waals surface area (Å²) in [5, 5.41) is 9.75. The van der Waals surface area contributed by atoms with Crippen LogP contribution in [-0.4, -0.2) is 34.0 Å². The summed E-state index contributed by atoms with van der Waals surface area (Å²) >= 11 is 0. The topological polar surface area (TPSA) is 99.0 Å². The molecule has 2 atom stereocenters. The van der Waals surface area contributed by atoms with Crippen LogP contribution in [0.2, 0.25) is 0 Å². The van der Waals surface area contributed by atoms with Gasteiger partial charge in [0.1, 0.15) is 12.1 Å². The minimum atomic E-state index is -1.05. The van der Waals surface area contributed by atoms with Gasteiger partial charge in [0, 0.05) is 47.0 Å². The van der Waals surface area contributed by atoms with Crippen LogP contribution in [0.25, 0.3) is 21.8 Å². The number of aromatic amines is 2. The van der Waals surface area contributed by atoms with E-state index in [1.54, 1.807) is 0 Å². The number of carbonyl (C=O) groups is 2. The van der Waals surface area contributed by atoms with Crippen LogP contribution in [0.4, 0.5) is 0 Å². The van der Waals surface area contributed by atoms with Crippen molar-refractivity contribution in [2.45, 2.75) is 36.0 Å².